The van der Waals surface area contributed by atoms with Gasteiger partial charge >= 0.3 is 69.9 Å². The van der Waals surface area contributed by atoms with E-state index in [4.69, 9.17) is 49.0 Å². The largest absolute Gasteiger partial charge is 0 e. The van der Waals surface area contributed by atoms with E-state index >= 15 is 0 Å². The van der Waals surface area contributed by atoms with E-state index in [1.54, 1.807) is 0 Å². The second-order valence-electron chi connectivity index (χ2n) is 3.43. The number of hydrogen-bond acceptors (Lipinski definition) is 3. The number of carbonyl (C=O) groups is 3. The van der Waals surface area contributed by atoms with Gasteiger partial charge in [0.15, 0.2) is 0 Å². The zero-order valence-electron chi connectivity index (χ0n) is 14.8. The molecular formula is C15H15MoN3O9. The first kappa shape index (κ1) is 44.3. The summed E-state index contributed by atoms with van der Waals surface area (Å²) in [7, 11) is 0. The molecule has 0 amide bonds. The van der Waals surface area contributed by atoms with Crippen LogP contribution in [0.5, 0.6) is 0 Å². The summed E-state index contributed by atoms with van der Waals surface area (Å²) in [6.45, 7) is 36.1. The van der Waals surface area contributed by atoms with Crippen molar-refractivity contribution >= 4 is 17.9 Å². The van der Waals surface area contributed by atoms with Crippen molar-refractivity contribution in [3.8, 4) is 0 Å². The van der Waals surface area contributed by atoms with Crippen LogP contribution in [0, 0.1) is 39.7 Å². The third kappa shape index (κ3) is 49.5. The van der Waals surface area contributed by atoms with Crippen LogP contribution in [-0.2, 0) is 49.4 Å². The second-order valence-corrected chi connectivity index (χ2v) is 3.43. The van der Waals surface area contributed by atoms with Crippen LogP contribution in [0.25, 0.3) is 14.5 Å². The van der Waals surface area contributed by atoms with E-state index in [1.807, 2.05) is 0 Å². The summed E-state index contributed by atoms with van der Waals surface area (Å²) in [5, 5.41) is 23.9. The first-order chi connectivity index (χ1) is 12.5. The molecule has 0 radical (unpaired) electrons. The molecule has 28 heavy (non-hydrogen) atoms. The number of nitrogens with zero attached hydrogens (tertiary/aromatic N) is 3. The van der Waals surface area contributed by atoms with Crippen molar-refractivity contribution < 1.29 is 64.7 Å². The molecule has 0 aromatic heterocycles. The Hall–Kier alpha value is -3.21. The Labute approximate surface area is 176 Å². The van der Waals surface area contributed by atoms with Gasteiger partial charge in [-0.1, -0.05) is 0 Å². The Morgan fingerprint density at radius 3 is 0.714 bits per heavy atom. The topological polar surface area (TPSA) is 185 Å². The van der Waals surface area contributed by atoms with Crippen LogP contribution in [0.4, 0.5) is 0 Å². The van der Waals surface area contributed by atoms with Crippen molar-refractivity contribution in [1.29, 1.82) is 0 Å². The van der Waals surface area contributed by atoms with E-state index in [1.165, 1.54) is 20.8 Å². The van der Waals surface area contributed by atoms with Gasteiger partial charge in [0.1, 0.15) is 0 Å². The van der Waals surface area contributed by atoms with E-state index in [0.29, 0.717) is 0 Å². The molecule has 0 aromatic carbocycles. The summed E-state index contributed by atoms with van der Waals surface area (Å²) in [6.07, 6.45) is 0. The van der Waals surface area contributed by atoms with Gasteiger partial charge in [0.05, 0.1) is 0 Å². The maximum atomic E-state index is 9.72. The van der Waals surface area contributed by atoms with Crippen LogP contribution in [-0.4, -0.2) is 51.4 Å². The summed E-state index contributed by atoms with van der Waals surface area (Å²) < 4.78 is 22.5. The van der Waals surface area contributed by atoms with Gasteiger partial charge in [0.25, 0.3) is 0 Å². The fourth-order valence-electron chi connectivity index (χ4n) is 0.166. The molecule has 0 fully saturated rings. The quantitative estimate of drug-likeness (QED) is 0.309. The minimum Gasteiger partial charge on any atom is 0 e. The predicted molar refractivity (Wildman–Crippen MR) is 82.9 cm³/mol. The van der Waals surface area contributed by atoms with Gasteiger partial charge in [-0.25, -0.2) is 34.1 Å². The van der Waals surface area contributed by atoms with Crippen LogP contribution in [0.1, 0.15) is 20.8 Å². The minimum atomic E-state index is -1.06. The molecule has 3 atom stereocenters. The Morgan fingerprint density at radius 1 is 0.607 bits per heavy atom. The van der Waals surface area contributed by atoms with Gasteiger partial charge in [-0.15, -0.1) is 0 Å². The Morgan fingerprint density at radius 2 is 0.714 bits per heavy atom. The molecule has 3 unspecified atom stereocenters. The van der Waals surface area contributed by atoms with Gasteiger partial charge in [0, 0.05) is 41.8 Å². The van der Waals surface area contributed by atoms with Crippen LogP contribution in [0.3, 0.4) is 0 Å². The van der Waals surface area contributed by atoms with E-state index in [-0.39, 0.29) is 21.1 Å². The van der Waals surface area contributed by atoms with Crippen molar-refractivity contribution in [2.75, 3.05) is 0 Å². The Balaban J connectivity index is -0.0000000408. The Kier molecular flexibility index (Phi) is 61.8. The predicted octanol–water partition coefficient (Wildman–Crippen LogP) is 1.02. The summed E-state index contributed by atoms with van der Waals surface area (Å²) in [4.78, 5) is 37.4. The molecule has 0 heterocycles. The summed E-state index contributed by atoms with van der Waals surface area (Å²) in [5.74, 6) is -3.18. The molecule has 150 valence electrons. The summed E-state index contributed by atoms with van der Waals surface area (Å²) >= 11 is 0. The van der Waals surface area contributed by atoms with E-state index < -0.39 is 36.0 Å². The van der Waals surface area contributed by atoms with Crippen molar-refractivity contribution in [2.45, 2.75) is 38.9 Å². The molecule has 0 spiro atoms. The zero-order valence-corrected chi connectivity index (χ0v) is 16.8. The average Bonchev–Trinajstić information content (AvgIpc) is 2.71. The van der Waals surface area contributed by atoms with E-state index in [2.05, 4.69) is 34.5 Å². The van der Waals surface area contributed by atoms with Gasteiger partial charge in [-0.3, -0.25) is 0 Å². The fourth-order valence-corrected chi connectivity index (χ4v) is 0.166. The van der Waals surface area contributed by atoms with E-state index in [9.17, 15) is 14.4 Å². The first-order valence-corrected chi connectivity index (χ1v) is 5.94. The normalized spacial score (nSPS) is 9.21. The molecular weight excluding hydrogens is 462 g/mol. The van der Waals surface area contributed by atoms with Gasteiger partial charge < -0.3 is 29.9 Å². The Bertz CT molecular complexity index is 524. The molecule has 3 N–H and O–H groups in total. The van der Waals surface area contributed by atoms with E-state index in [0.717, 1.165) is 0 Å². The van der Waals surface area contributed by atoms with Crippen molar-refractivity contribution in [3.63, 3.8) is 0 Å². The van der Waals surface area contributed by atoms with Gasteiger partial charge in [-0.05, 0) is 0 Å². The van der Waals surface area contributed by atoms with Crippen LogP contribution in [0.2, 0.25) is 0 Å². The maximum Gasteiger partial charge on any atom is 0 e. The summed E-state index contributed by atoms with van der Waals surface area (Å²) in [6, 6.07) is -2.67. The smallest absolute Gasteiger partial charge is 0 e. The molecule has 0 aliphatic rings. The molecule has 12 nitrogen and oxygen atoms in total. The minimum absolute atomic E-state index is 0. The maximum absolute atomic E-state index is 9.72. The van der Waals surface area contributed by atoms with Crippen molar-refractivity contribution in [2.24, 2.45) is 0 Å². The van der Waals surface area contributed by atoms with Crippen molar-refractivity contribution in [1.82, 2.24) is 0 Å². The van der Waals surface area contributed by atoms with Gasteiger partial charge in [-0.2, -0.15) is 0 Å². The number of carboxylic acids is 3. The third-order valence-corrected chi connectivity index (χ3v) is 1.65. The molecule has 13 heteroatoms. The monoisotopic (exact) mass is 479 g/mol. The zero-order chi connectivity index (χ0) is 23.6. The molecule has 0 aromatic rings. The molecule has 0 saturated carbocycles. The van der Waals surface area contributed by atoms with Crippen LogP contribution >= 0.6 is 0 Å². The molecule has 0 aliphatic heterocycles. The number of aliphatic carboxylic acids is 3. The molecule has 0 bridgehead atoms. The molecule has 0 rings (SSSR count). The SMILES string of the molecule is [C-]#[N+]C(C)C(=O)O.[C-]#[N+]C(C)C(=O)O.[C-]#[N+]C(C)C(=O)O.[C-]#[O+].[C-]#[O+].[C-]#[O+].[Mo]. The van der Waals surface area contributed by atoms with Crippen molar-refractivity contribution in [3.05, 3.63) is 54.2 Å². The van der Waals surface area contributed by atoms with Crippen LogP contribution < -0.4 is 0 Å². The standard InChI is InChI=1S/3C4H5NO2.3CO.Mo/c3*1-3(5-2)4(6)7;3*1-2;/h3*3H,1H3,(H,6,7);;;;. The number of rotatable bonds is 3. The fraction of sp³-hybridized carbons (Fsp3) is 0.400. The second kappa shape index (κ2) is 39.0. The average molecular weight is 477 g/mol. The number of carboxylic acid groups (broad SMARTS) is 3. The number of hydrogen-bond donors (Lipinski definition) is 3. The summed E-state index contributed by atoms with van der Waals surface area (Å²) in [5.41, 5.74) is 0. The first-order valence-electron chi connectivity index (χ1n) is 5.94. The molecule has 0 aliphatic carbocycles. The third-order valence-electron chi connectivity index (χ3n) is 1.65. The van der Waals surface area contributed by atoms with Gasteiger partial charge in [0.2, 0.25) is 0 Å². The molecule has 0 saturated heterocycles. The van der Waals surface area contributed by atoms with Crippen LogP contribution in [0.15, 0.2) is 0 Å².